The predicted octanol–water partition coefficient (Wildman–Crippen LogP) is 1.05. The molecule has 1 atom stereocenters. The Hall–Kier alpha value is -1.88. The second-order valence-electron chi connectivity index (χ2n) is 3.04. The summed E-state index contributed by atoms with van der Waals surface area (Å²) >= 11 is 0. The van der Waals surface area contributed by atoms with E-state index < -0.39 is 17.9 Å². The van der Waals surface area contributed by atoms with Crippen LogP contribution in [-0.4, -0.2) is 27.3 Å². The average molecular weight is 209 g/mol. The highest BCUT2D eigenvalue weighted by Crippen LogP contribution is 2.17. The van der Waals surface area contributed by atoms with Crippen LogP contribution in [0.4, 0.5) is 0 Å². The van der Waals surface area contributed by atoms with Crippen molar-refractivity contribution in [1.29, 1.82) is 0 Å². The van der Waals surface area contributed by atoms with E-state index in [1.54, 1.807) is 30.3 Å². The van der Waals surface area contributed by atoms with Crippen LogP contribution in [0.1, 0.15) is 18.5 Å². The van der Waals surface area contributed by atoms with E-state index >= 15 is 0 Å². The maximum atomic E-state index is 10.9. The predicted molar refractivity (Wildman–Crippen MR) is 51.1 cm³/mol. The fourth-order valence-corrected chi connectivity index (χ4v) is 1.15. The molecule has 0 spiro atoms. The maximum absolute atomic E-state index is 10.9. The molecule has 0 radical (unpaired) electrons. The van der Waals surface area contributed by atoms with Crippen LogP contribution in [0.25, 0.3) is 0 Å². The highest BCUT2D eigenvalue weighted by atomic mass is 16.5. The van der Waals surface area contributed by atoms with E-state index in [0.717, 1.165) is 0 Å². The summed E-state index contributed by atoms with van der Waals surface area (Å²) in [5.74, 6) is -3.02. The molecule has 0 bridgehead atoms. The first-order valence-corrected chi connectivity index (χ1v) is 4.34. The summed E-state index contributed by atoms with van der Waals surface area (Å²) in [5.41, 5.74) is 0.662. The molecule has 2 N–H and O–H groups in total. The summed E-state index contributed by atoms with van der Waals surface area (Å²) < 4.78 is 0. The van der Waals surface area contributed by atoms with E-state index in [4.69, 9.17) is 5.11 Å². The topological polar surface area (TPSA) is 77.8 Å². The molecule has 0 fully saturated rings. The van der Waals surface area contributed by atoms with Crippen molar-refractivity contribution in [1.82, 2.24) is 5.06 Å². The SMILES string of the molecule is C[C@@H](c1ccccc1)N(O)C(=O)C(=O)O. The van der Waals surface area contributed by atoms with Crippen LogP contribution in [0.3, 0.4) is 0 Å². The zero-order valence-corrected chi connectivity index (χ0v) is 8.12. The first-order valence-electron chi connectivity index (χ1n) is 4.34. The Morgan fingerprint density at radius 3 is 2.27 bits per heavy atom. The minimum absolute atomic E-state index is 0.206. The third kappa shape index (κ3) is 2.54. The number of amides is 1. The van der Waals surface area contributed by atoms with Gasteiger partial charge in [0.25, 0.3) is 0 Å². The molecule has 5 nitrogen and oxygen atoms in total. The molecule has 1 aromatic carbocycles. The fraction of sp³-hybridized carbons (Fsp3) is 0.200. The van der Waals surface area contributed by atoms with Gasteiger partial charge in [0.2, 0.25) is 0 Å². The zero-order chi connectivity index (χ0) is 11.4. The number of hydroxylamine groups is 2. The van der Waals surface area contributed by atoms with Gasteiger partial charge in [0.1, 0.15) is 0 Å². The molecule has 1 amide bonds. The van der Waals surface area contributed by atoms with Crippen molar-refractivity contribution in [3.8, 4) is 0 Å². The Bertz CT molecular complexity index is 363. The van der Waals surface area contributed by atoms with Crippen LogP contribution in [0.15, 0.2) is 30.3 Å². The lowest BCUT2D eigenvalue weighted by Gasteiger charge is -2.20. The van der Waals surface area contributed by atoms with Crippen LogP contribution >= 0.6 is 0 Å². The number of aliphatic carboxylic acids is 1. The third-order valence-corrected chi connectivity index (χ3v) is 2.04. The van der Waals surface area contributed by atoms with E-state index in [-0.39, 0.29) is 5.06 Å². The molecule has 1 rings (SSSR count). The van der Waals surface area contributed by atoms with Crippen LogP contribution < -0.4 is 0 Å². The highest BCUT2D eigenvalue weighted by molar-refractivity contribution is 6.31. The Labute approximate surface area is 86.5 Å². The van der Waals surface area contributed by atoms with Crippen molar-refractivity contribution in [3.63, 3.8) is 0 Å². The fourth-order valence-electron chi connectivity index (χ4n) is 1.15. The zero-order valence-electron chi connectivity index (χ0n) is 8.12. The molecule has 15 heavy (non-hydrogen) atoms. The molecule has 0 unspecified atom stereocenters. The second-order valence-corrected chi connectivity index (χ2v) is 3.04. The quantitative estimate of drug-likeness (QED) is 0.433. The first-order chi connectivity index (χ1) is 7.04. The van der Waals surface area contributed by atoms with Gasteiger partial charge in [0, 0.05) is 0 Å². The van der Waals surface area contributed by atoms with Crippen LogP contribution in [-0.2, 0) is 9.59 Å². The number of carbonyl (C=O) groups is 2. The normalized spacial score (nSPS) is 11.9. The number of hydrogen-bond donors (Lipinski definition) is 2. The Balaban J connectivity index is 2.82. The van der Waals surface area contributed by atoms with Crippen molar-refractivity contribution in [2.45, 2.75) is 13.0 Å². The van der Waals surface area contributed by atoms with Gasteiger partial charge in [-0.3, -0.25) is 10.0 Å². The lowest BCUT2D eigenvalue weighted by Crippen LogP contribution is -2.35. The summed E-state index contributed by atoms with van der Waals surface area (Å²) in [6.07, 6.45) is 0. The molecule has 5 heteroatoms. The Morgan fingerprint density at radius 2 is 1.80 bits per heavy atom. The Morgan fingerprint density at radius 1 is 1.27 bits per heavy atom. The van der Waals surface area contributed by atoms with E-state index in [9.17, 15) is 14.8 Å². The van der Waals surface area contributed by atoms with Crippen LogP contribution in [0.5, 0.6) is 0 Å². The molecule has 0 aliphatic carbocycles. The number of benzene rings is 1. The van der Waals surface area contributed by atoms with Gasteiger partial charge in [0.05, 0.1) is 6.04 Å². The van der Waals surface area contributed by atoms with Gasteiger partial charge in [-0.05, 0) is 12.5 Å². The van der Waals surface area contributed by atoms with Crippen LogP contribution in [0, 0.1) is 0 Å². The molecule has 0 saturated heterocycles. The van der Waals surface area contributed by atoms with E-state index in [0.29, 0.717) is 5.56 Å². The van der Waals surface area contributed by atoms with Gasteiger partial charge in [-0.25, -0.2) is 9.86 Å². The highest BCUT2D eigenvalue weighted by Gasteiger charge is 2.24. The maximum Gasteiger partial charge on any atom is 0.396 e. The van der Waals surface area contributed by atoms with Crippen molar-refractivity contribution in [2.24, 2.45) is 0 Å². The van der Waals surface area contributed by atoms with Gasteiger partial charge in [-0.2, -0.15) is 0 Å². The standard InChI is InChI=1S/C10H11NO4/c1-7(8-5-3-2-4-6-8)11(15)9(12)10(13)14/h2-7,15H,1H3,(H,13,14)/t7-/m0/s1. The molecule has 0 heterocycles. The van der Waals surface area contributed by atoms with Gasteiger partial charge in [-0.15, -0.1) is 0 Å². The second kappa shape index (κ2) is 4.56. The van der Waals surface area contributed by atoms with Crippen molar-refractivity contribution < 1.29 is 19.9 Å². The Kier molecular flexibility index (Phi) is 3.41. The van der Waals surface area contributed by atoms with E-state index in [1.165, 1.54) is 6.92 Å². The molecule has 0 saturated carbocycles. The minimum Gasteiger partial charge on any atom is -0.474 e. The van der Waals surface area contributed by atoms with Crippen molar-refractivity contribution in [3.05, 3.63) is 35.9 Å². The van der Waals surface area contributed by atoms with Gasteiger partial charge >= 0.3 is 11.9 Å². The summed E-state index contributed by atoms with van der Waals surface area (Å²) in [6.45, 7) is 1.54. The van der Waals surface area contributed by atoms with Gasteiger partial charge < -0.3 is 5.11 Å². The summed E-state index contributed by atoms with van der Waals surface area (Å²) in [4.78, 5) is 21.3. The summed E-state index contributed by atoms with van der Waals surface area (Å²) in [5, 5.41) is 17.9. The molecule has 80 valence electrons. The minimum atomic E-state index is -1.68. The average Bonchev–Trinajstić information content (AvgIpc) is 2.27. The number of hydrogen-bond acceptors (Lipinski definition) is 3. The van der Waals surface area contributed by atoms with Gasteiger partial charge in [0.15, 0.2) is 0 Å². The van der Waals surface area contributed by atoms with Gasteiger partial charge in [-0.1, -0.05) is 30.3 Å². The number of carboxylic acid groups (broad SMARTS) is 1. The van der Waals surface area contributed by atoms with Crippen molar-refractivity contribution >= 4 is 11.9 Å². The largest absolute Gasteiger partial charge is 0.474 e. The number of carboxylic acids is 1. The molecular weight excluding hydrogens is 198 g/mol. The smallest absolute Gasteiger partial charge is 0.396 e. The number of nitrogens with zero attached hydrogens (tertiary/aromatic N) is 1. The van der Waals surface area contributed by atoms with Crippen molar-refractivity contribution in [2.75, 3.05) is 0 Å². The molecule has 0 aliphatic heterocycles. The molecule has 0 aliphatic rings. The molecular formula is C10H11NO4. The molecule has 0 aromatic heterocycles. The third-order valence-electron chi connectivity index (χ3n) is 2.04. The summed E-state index contributed by atoms with van der Waals surface area (Å²) in [6, 6.07) is 7.98. The number of carbonyl (C=O) groups excluding carboxylic acids is 1. The van der Waals surface area contributed by atoms with E-state index in [2.05, 4.69) is 0 Å². The van der Waals surface area contributed by atoms with E-state index in [1.807, 2.05) is 0 Å². The molecule has 1 aromatic rings. The number of rotatable bonds is 2. The first kappa shape index (κ1) is 11.2. The lowest BCUT2D eigenvalue weighted by atomic mass is 10.1. The monoisotopic (exact) mass is 209 g/mol. The van der Waals surface area contributed by atoms with Crippen LogP contribution in [0.2, 0.25) is 0 Å². The lowest BCUT2D eigenvalue weighted by molar-refractivity contribution is -0.184. The summed E-state index contributed by atoms with van der Waals surface area (Å²) in [7, 11) is 0.